The van der Waals surface area contributed by atoms with Crippen LogP contribution in [0.1, 0.15) is 40.0 Å². The summed E-state index contributed by atoms with van der Waals surface area (Å²) < 4.78 is 0. The van der Waals surface area contributed by atoms with E-state index in [1.165, 1.54) is 0 Å². The number of amides is 1. The van der Waals surface area contributed by atoms with Crippen molar-refractivity contribution < 1.29 is 14.7 Å². The highest BCUT2D eigenvalue weighted by Crippen LogP contribution is 2.52. The second-order valence-electron chi connectivity index (χ2n) is 7.10. The Bertz CT molecular complexity index is 396. The van der Waals surface area contributed by atoms with E-state index in [4.69, 9.17) is 0 Å². The van der Waals surface area contributed by atoms with E-state index in [0.29, 0.717) is 11.5 Å². The van der Waals surface area contributed by atoms with Crippen molar-refractivity contribution in [3.05, 3.63) is 0 Å². The molecule has 0 unspecified atom stereocenters. The molecule has 2 bridgehead atoms. The van der Waals surface area contributed by atoms with E-state index in [2.05, 4.69) is 20.8 Å². The summed E-state index contributed by atoms with van der Waals surface area (Å²) in [6, 6.07) is 0.338. The van der Waals surface area contributed by atoms with Crippen molar-refractivity contribution in [2.75, 3.05) is 18.1 Å². The second kappa shape index (κ2) is 5.00. The molecule has 0 radical (unpaired) electrons. The Labute approximate surface area is 118 Å². The maximum absolute atomic E-state index is 12.2. The summed E-state index contributed by atoms with van der Waals surface area (Å²) in [6.45, 7) is 7.64. The van der Waals surface area contributed by atoms with Crippen LogP contribution in [0.5, 0.6) is 0 Å². The molecular formula is C14H22NO3S-. The molecule has 0 spiro atoms. The first kappa shape index (κ1) is 14.7. The molecule has 1 aliphatic carbocycles. The number of fused-ring (bicyclic) bond motifs is 2. The van der Waals surface area contributed by atoms with Gasteiger partial charge in [0.05, 0.1) is 11.7 Å². The van der Waals surface area contributed by atoms with Gasteiger partial charge in [0, 0.05) is 18.3 Å². The van der Waals surface area contributed by atoms with Crippen LogP contribution in [0.15, 0.2) is 0 Å². The number of likely N-dealkylation sites (tertiary alicyclic amines) is 1. The molecule has 2 atom stereocenters. The summed E-state index contributed by atoms with van der Waals surface area (Å²) in [5.74, 6) is -0.877. The summed E-state index contributed by atoms with van der Waals surface area (Å²) in [5.41, 5.74) is 0.534. The lowest BCUT2D eigenvalue weighted by Crippen LogP contribution is -2.38. The SMILES string of the molecule is CC1(C)C[C@@H]2C[C@](C)(CN2C(=O)CSCC(=O)[O-])C1. The first-order valence-electron chi connectivity index (χ1n) is 6.78. The number of nitrogens with zero attached hydrogens (tertiary/aromatic N) is 1. The standard InChI is InChI=1S/C14H23NO3S/c1-13(2)4-10-5-14(3,8-13)9-15(10)11(16)6-19-7-12(17)18/h10H,4-9H2,1-3H3,(H,17,18)/p-1/t10-,14+/m1/s1. The zero-order chi connectivity index (χ0) is 14.3. The van der Waals surface area contributed by atoms with Gasteiger partial charge in [-0.05, 0) is 30.1 Å². The van der Waals surface area contributed by atoms with Crippen LogP contribution in [0.25, 0.3) is 0 Å². The van der Waals surface area contributed by atoms with Gasteiger partial charge in [0.2, 0.25) is 5.91 Å². The van der Waals surface area contributed by atoms with Gasteiger partial charge in [-0.2, -0.15) is 0 Å². The Hall–Kier alpha value is -0.710. The predicted molar refractivity (Wildman–Crippen MR) is 73.6 cm³/mol. The largest absolute Gasteiger partial charge is 0.549 e. The Balaban J connectivity index is 1.95. The average molecular weight is 284 g/mol. The zero-order valence-electron chi connectivity index (χ0n) is 11.9. The van der Waals surface area contributed by atoms with Gasteiger partial charge < -0.3 is 14.8 Å². The topological polar surface area (TPSA) is 60.4 Å². The average Bonchev–Trinajstić information content (AvgIpc) is 2.47. The van der Waals surface area contributed by atoms with Gasteiger partial charge in [-0.3, -0.25) is 4.79 Å². The molecule has 4 nitrogen and oxygen atoms in total. The third-order valence-corrected chi connectivity index (χ3v) is 5.07. The molecule has 1 saturated carbocycles. The number of thioether (sulfide) groups is 1. The van der Waals surface area contributed by atoms with Crippen molar-refractivity contribution in [3.8, 4) is 0 Å². The summed E-state index contributed by atoms with van der Waals surface area (Å²) in [7, 11) is 0. The maximum atomic E-state index is 12.2. The van der Waals surface area contributed by atoms with Gasteiger partial charge in [0.1, 0.15) is 0 Å². The molecule has 1 saturated heterocycles. The monoisotopic (exact) mass is 284 g/mol. The fraction of sp³-hybridized carbons (Fsp3) is 0.857. The minimum Gasteiger partial charge on any atom is -0.549 e. The quantitative estimate of drug-likeness (QED) is 0.769. The van der Waals surface area contributed by atoms with Gasteiger partial charge in [-0.25, -0.2) is 0 Å². The van der Waals surface area contributed by atoms with Crippen LogP contribution in [-0.4, -0.2) is 40.9 Å². The molecule has 0 aromatic heterocycles. The number of carbonyl (C=O) groups is 2. The lowest BCUT2D eigenvalue weighted by atomic mass is 9.65. The minimum absolute atomic E-state index is 0.0812. The molecule has 2 fully saturated rings. The van der Waals surface area contributed by atoms with Crippen LogP contribution in [0, 0.1) is 10.8 Å². The minimum atomic E-state index is -1.11. The van der Waals surface area contributed by atoms with Gasteiger partial charge in [-0.1, -0.05) is 20.8 Å². The molecular weight excluding hydrogens is 262 g/mol. The van der Waals surface area contributed by atoms with Crippen LogP contribution in [-0.2, 0) is 9.59 Å². The van der Waals surface area contributed by atoms with Crippen LogP contribution in [0.3, 0.4) is 0 Å². The Kier molecular flexibility index (Phi) is 3.87. The molecule has 1 heterocycles. The summed E-state index contributed by atoms with van der Waals surface area (Å²) >= 11 is 1.14. The summed E-state index contributed by atoms with van der Waals surface area (Å²) in [6.07, 6.45) is 3.30. The number of hydrogen-bond donors (Lipinski definition) is 0. The second-order valence-corrected chi connectivity index (χ2v) is 8.09. The third kappa shape index (κ3) is 3.44. The zero-order valence-corrected chi connectivity index (χ0v) is 12.7. The molecule has 2 rings (SSSR count). The van der Waals surface area contributed by atoms with Crippen molar-refractivity contribution >= 4 is 23.6 Å². The molecule has 19 heavy (non-hydrogen) atoms. The molecule has 108 valence electrons. The van der Waals surface area contributed by atoms with E-state index >= 15 is 0 Å². The number of carbonyl (C=O) groups excluding carboxylic acids is 2. The summed E-state index contributed by atoms with van der Waals surface area (Å²) in [5, 5.41) is 10.4. The highest BCUT2D eigenvalue weighted by Gasteiger charge is 2.50. The lowest BCUT2D eigenvalue weighted by molar-refractivity contribution is -0.301. The van der Waals surface area contributed by atoms with Crippen LogP contribution >= 0.6 is 11.8 Å². The van der Waals surface area contributed by atoms with Gasteiger partial charge in [0.25, 0.3) is 0 Å². The van der Waals surface area contributed by atoms with Gasteiger partial charge in [-0.15, -0.1) is 11.8 Å². The smallest absolute Gasteiger partial charge is 0.232 e. The molecule has 1 amide bonds. The number of carboxylic acid groups (broad SMARTS) is 1. The highest BCUT2D eigenvalue weighted by atomic mass is 32.2. The molecule has 0 aromatic rings. The van der Waals surface area contributed by atoms with E-state index in [-0.39, 0.29) is 22.8 Å². The first-order chi connectivity index (χ1) is 8.71. The van der Waals surface area contributed by atoms with Crippen LogP contribution < -0.4 is 5.11 Å². The lowest BCUT2D eigenvalue weighted by Gasteiger charge is -2.39. The van der Waals surface area contributed by atoms with E-state index in [1.807, 2.05) is 4.90 Å². The normalized spacial score (nSPS) is 32.4. The van der Waals surface area contributed by atoms with Crippen molar-refractivity contribution in [2.45, 2.75) is 46.1 Å². The van der Waals surface area contributed by atoms with Crippen LogP contribution in [0.2, 0.25) is 0 Å². The maximum Gasteiger partial charge on any atom is 0.232 e. The number of aliphatic carboxylic acids is 1. The molecule has 0 aromatic carbocycles. The third-order valence-electron chi connectivity index (χ3n) is 4.18. The van der Waals surface area contributed by atoms with Crippen LogP contribution in [0.4, 0.5) is 0 Å². The van der Waals surface area contributed by atoms with E-state index in [9.17, 15) is 14.7 Å². The van der Waals surface area contributed by atoms with E-state index < -0.39 is 5.97 Å². The fourth-order valence-electron chi connectivity index (χ4n) is 4.06. The fourth-order valence-corrected chi connectivity index (χ4v) is 4.67. The number of carboxylic acids is 1. The molecule has 2 aliphatic rings. The number of rotatable bonds is 4. The van der Waals surface area contributed by atoms with Crippen molar-refractivity contribution in [1.82, 2.24) is 4.90 Å². The predicted octanol–water partition coefficient (Wildman–Crippen LogP) is 0.897. The Morgan fingerprint density at radius 3 is 2.58 bits per heavy atom. The number of hydrogen-bond acceptors (Lipinski definition) is 4. The highest BCUT2D eigenvalue weighted by molar-refractivity contribution is 8.00. The molecule has 0 N–H and O–H groups in total. The van der Waals surface area contributed by atoms with E-state index in [0.717, 1.165) is 37.6 Å². The van der Waals surface area contributed by atoms with Gasteiger partial charge >= 0.3 is 0 Å². The Morgan fingerprint density at radius 1 is 1.26 bits per heavy atom. The van der Waals surface area contributed by atoms with Crippen molar-refractivity contribution in [1.29, 1.82) is 0 Å². The Morgan fingerprint density at radius 2 is 1.95 bits per heavy atom. The van der Waals surface area contributed by atoms with Gasteiger partial charge in [0.15, 0.2) is 0 Å². The first-order valence-corrected chi connectivity index (χ1v) is 7.93. The molecule has 1 aliphatic heterocycles. The van der Waals surface area contributed by atoms with Crippen molar-refractivity contribution in [3.63, 3.8) is 0 Å². The summed E-state index contributed by atoms with van der Waals surface area (Å²) in [4.78, 5) is 24.6. The molecule has 5 heteroatoms. The van der Waals surface area contributed by atoms with E-state index in [1.54, 1.807) is 0 Å². The van der Waals surface area contributed by atoms with Crippen molar-refractivity contribution in [2.24, 2.45) is 10.8 Å².